The lowest BCUT2D eigenvalue weighted by Crippen LogP contribution is -2.42. The monoisotopic (exact) mass is 262 g/mol. The van der Waals surface area contributed by atoms with E-state index in [0.29, 0.717) is 18.7 Å². The first-order chi connectivity index (χ1) is 8.37. The third-order valence-corrected chi connectivity index (χ3v) is 2.97. The van der Waals surface area contributed by atoms with Crippen molar-refractivity contribution in [1.82, 2.24) is 0 Å². The molecule has 2 N–H and O–H groups in total. The summed E-state index contributed by atoms with van der Waals surface area (Å²) >= 11 is 0. The first kappa shape index (κ1) is 13.0. The molecule has 0 atom stereocenters. The van der Waals surface area contributed by atoms with Crippen LogP contribution in [0.2, 0.25) is 0 Å². The Morgan fingerprint density at radius 2 is 1.94 bits per heavy atom. The van der Waals surface area contributed by atoms with Crippen LogP contribution in [0.5, 0.6) is 0 Å². The molecule has 100 valence electrons. The maximum Gasteiger partial charge on any atom is 0.265 e. The summed E-state index contributed by atoms with van der Waals surface area (Å²) in [5, 5.41) is 0. The Bertz CT molecular complexity index is 434. The molecule has 6 heteroatoms. The fourth-order valence-corrected chi connectivity index (χ4v) is 2.15. The zero-order valence-corrected chi connectivity index (χ0v) is 9.67. The Balaban J connectivity index is 2.27. The van der Waals surface area contributed by atoms with Crippen LogP contribution in [0.4, 0.5) is 28.9 Å². The number of piperidine rings is 1. The SMILES string of the molecule is Nc1cc(C(F)F)cc(N2CCCC(F)(F)C2)c1. The maximum atomic E-state index is 13.3. The molecule has 18 heavy (non-hydrogen) atoms. The zero-order valence-electron chi connectivity index (χ0n) is 9.67. The summed E-state index contributed by atoms with van der Waals surface area (Å²) < 4.78 is 51.8. The lowest BCUT2D eigenvalue weighted by molar-refractivity contribution is -0.0116. The topological polar surface area (TPSA) is 29.3 Å². The van der Waals surface area contributed by atoms with Gasteiger partial charge in [-0.25, -0.2) is 17.6 Å². The van der Waals surface area contributed by atoms with Crippen LogP contribution < -0.4 is 10.6 Å². The van der Waals surface area contributed by atoms with Gasteiger partial charge in [0.15, 0.2) is 0 Å². The molecule has 1 fully saturated rings. The van der Waals surface area contributed by atoms with E-state index in [2.05, 4.69) is 0 Å². The predicted molar refractivity (Wildman–Crippen MR) is 62.2 cm³/mol. The number of hydrogen-bond acceptors (Lipinski definition) is 2. The van der Waals surface area contributed by atoms with Crippen LogP contribution in [0.1, 0.15) is 24.8 Å². The Kier molecular flexibility index (Phi) is 3.36. The quantitative estimate of drug-likeness (QED) is 0.653. The van der Waals surface area contributed by atoms with Gasteiger partial charge in [-0.05, 0) is 24.6 Å². The highest BCUT2D eigenvalue weighted by Crippen LogP contribution is 2.33. The number of halogens is 4. The summed E-state index contributed by atoms with van der Waals surface area (Å²) in [6.07, 6.45) is -2.48. The molecule has 0 aliphatic carbocycles. The van der Waals surface area contributed by atoms with Crippen molar-refractivity contribution < 1.29 is 17.6 Å². The van der Waals surface area contributed by atoms with Gasteiger partial charge in [-0.15, -0.1) is 0 Å². The average Bonchev–Trinajstić information content (AvgIpc) is 2.26. The number of hydrogen-bond donors (Lipinski definition) is 1. The molecule has 1 saturated heterocycles. The van der Waals surface area contributed by atoms with E-state index in [1.807, 2.05) is 0 Å². The summed E-state index contributed by atoms with van der Waals surface area (Å²) in [4.78, 5) is 1.41. The van der Waals surface area contributed by atoms with Crippen molar-refractivity contribution in [1.29, 1.82) is 0 Å². The Hall–Kier alpha value is -1.46. The number of alkyl halides is 4. The summed E-state index contributed by atoms with van der Waals surface area (Å²) in [5.41, 5.74) is 5.79. The van der Waals surface area contributed by atoms with Gasteiger partial charge in [0.25, 0.3) is 12.3 Å². The van der Waals surface area contributed by atoms with E-state index >= 15 is 0 Å². The number of nitrogens with zero attached hydrogens (tertiary/aromatic N) is 1. The standard InChI is InChI=1S/C12H14F4N2/c13-11(14)8-4-9(17)6-10(5-8)18-3-1-2-12(15,16)7-18/h4-6,11H,1-3,7,17H2. The van der Waals surface area contributed by atoms with Crippen molar-refractivity contribution >= 4 is 11.4 Å². The average molecular weight is 262 g/mol. The first-order valence-corrected chi connectivity index (χ1v) is 5.69. The van der Waals surface area contributed by atoms with E-state index in [4.69, 9.17) is 5.73 Å². The second-order valence-corrected chi connectivity index (χ2v) is 4.54. The lowest BCUT2D eigenvalue weighted by atomic mass is 10.1. The molecule has 0 unspecified atom stereocenters. The van der Waals surface area contributed by atoms with E-state index in [-0.39, 0.29) is 17.7 Å². The van der Waals surface area contributed by atoms with Crippen molar-refractivity contribution in [2.45, 2.75) is 25.2 Å². The summed E-state index contributed by atoms with van der Waals surface area (Å²) in [6, 6.07) is 3.84. The molecular formula is C12H14F4N2. The van der Waals surface area contributed by atoms with Gasteiger partial charge in [-0.1, -0.05) is 0 Å². The fourth-order valence-electron chi connectivity index (χ4n) is 2.15. The molecule has 1 aliphatic heterocycles. The minimum absolute atomic E-state index is 0.159. The molecule has 1 heterocycles. The molecule has 1 aromatic carbocycles. The normalized spacial score (nSPS) is 19.3. The molecule has 0 aromatic heterocycles. The van der Waals surface area contributed by atoms with Gasteiger partial charge >= 0.3 is 0 Å². The highest BCUT2D eigenvalue weighted by molar-refractivity contribution is 5.59. The zero-order chi connectivity index (χ0) is 13.3. The number of anilines is 2. The van der Waals surface area contributed by atoms with Crippen LogP contribution in [-0.2, 0) is 0 Å². The molecule has 2 rings (SSSR count). The van der Waals surface area contributed by atoms with E-state index in [9.17, 15) is 17.6 Å². The van der Waals surface area contributed by atoms with E-state index in [0.717, 1.165) is 6.07 Å². The summed E-state index contributed by atoms with van der Waals surface area (Å²) in [7, 11) is 0. The first-order valence-electron chi connectivity index (χ1n) is 5.69. The number of nitrogen functional groups attached to an aromatic ring is 1. The molecule has 0 spiro atoms. The Morgan fingerprint density at radius 1 is 1.22 bits per heavy atom. The van der Waals surface area contributed by atoms with Crippen LogP contribution in [-0.4, -0.2) is 19.0 Å². The third kappa shape index (κ3) is 2.86. The Morgan fingerprint density at radius 3 is 2.56 bits per heavy atom. The number of benzene rings is 1. The molecule has 2 nitrogen and oxygen atoms in total. The summed E-state index contributed by atoms with van der Waals surface area (Å²) in [5.74, 6) is -2.77. The minimum atomic E-state index is -2.77. The lowest BCUT2D eigenvalue weighted by Gasteiger charge is -2.34. The molecule has 0 saturated carbocycles. The second-order valence-electron chi connectivity index (χ2n) is 4.54. The highest BCUT2D eigenvalue weighted by Gasteiger charge is 2.35. The largest absolute Gasteiger partial charge is 0.399 e. The summed E-state index contributed by atoms with van der Waals surface area (Å²) in [6.45, 7) is -0.0130. The minimum Gasteiger partial charge on any atom is -0.399 e. The maximum absolute atomic E-state index is 13.3. The molecule has 1 aliphatic rings. The van der Waals surface area contributed by atoms with Gasteiger partial charge in [0, 0.05) is 29.9 Å². The van der Waals surface area contributed by atoms with Crippen LogP contribution in [0.3, 0.4) is 0 Å². The van der Waals surface area contributed by atoms with Gasteiger partial charge in [0.05, 0.1) is 6.54 Å². The molecule has 1 aromatic rings. The van der Waals surface area contributed by atoms with Crippen molar-refractivity contribution in [3.8, 4) is 0 Å². The molecule has 0 radical (unpaired) electrons. The van der Waals surface area contributed by atoms with Gasteiger partial charge in [0.2, 0.25) is 0 Å². The molecule has 0 bridgehead atoms. The van der Waals surface area contributed by atoms with Gasteiger partial charge < -0.3 is 10.6 Å². The van der Waals surface area contributed by atoms with Crippen LogP contribution in [0.15, 0.2) is 18.2 Å². The van der Waals surface area contributed by atoms with Crippen molar-refractivity contribution in [2.75, 3.05) is 23.7 Å². The molecule has 0 amide bonds. The van der Waals surface area contributed by atoms with Crippen molar-refractivity contribution in [3.63, 3.8) is 0 Å². The van der Waals surface area contributed by atoms with E-state index < -0.39 is 18.9 Å². The highest BCUT2D eigenvalue weighted by atomic mass is 19.3. The number of nitrogens with two attached hydrogens (primary N) is 1. The van der Waals surface area contributed by atoms with Gasteiger partial charge in [0.1, 0.15) is 0 Å². The second kappa shape index (κ2) is 4.66. The molecular weight excluding hydrogens is 248 g/mol. The Labute approximate surface area is 102 Å². The number of rotatable bonds is 2. The van der Waals surface area contributed by atoms with Gasteiger partial charge in [-0.2, -0.15) is 0 Å². The third-order valence-electron chi connectivity index (χ3n) is 2.97. The van der Waals surface area contributed by atoms with Crippen molar-refractivity contribution in [2.24, 2.45) is 0 Å². The van der Waals surface area contributed by atoms with Gasteiger partial charge in [-0.3, -0.25) is 0 Å². The van der Waals surface area contributed by atoms with Crippen LogP contribution in [0.25, 0.3) is 0 Å². The van der Waals surface area contributed by atoms with Crippen LogP contribution >= 0.6 is 0 Å². The van der Waals surface area contributed by atoms with Crippen molar-refractivity contribution in [3.05, 3.63) is 23.8 Å². The fraction of sp³-hybridized carbons (Fsp3) is 0.500. The smallest absolute Gasteiger partial charge is 0.265 e. The van der Waals surface area contributed by atoms with E-state index in [1.54, 1.807) is 0 Å². The van der Waals surface area contributed by atoms with Crippen LogP contribution in [0, 0.1) is 0 Å². The predicted octanol–water partition coefficient (Wildman–Crippen LogP) is 3.44. The van der Waals surface area contributed by atoms with E-state index in [1.165, 1.54) is 17.0 Å².